The second-order valence-electron chi connectivity index (χ2n) is 5.63. The van der Waals surface area contributed by atoms with Crippen molar-refractivity contribution < 1.29 is 19.3 Å². The lowest BCUT2D eigenvalue weighted by atomic mass is 10.1. The maximum Gasteiger partial charge on any atom is 0.373 e. The summed E-state index contributed by atoms with van der Waals surface area (Å²) in [5, 5.41) is 0. The highest BCUT2D eigenvalue weighted by molar-refractivity contribution is 5.89. The predicted octanol–water partition coefficient (Wildman–Crippen LogP) is 5.31. The van der Waals surface area contributed by atoms with E-state index in [1.165, 1.54) is 38.5 Å². The van der Waals surface area contributed by atoms with Crippen LogP contribution in [0.5, 0.6) is 5.75 Å². The lowest BCUT2D eigenvalue weighted by Crippen LogP contribution is -2.07. The van der Waals surface area contributed by atoms with Crippen LogP contribution < -0.4 is 4.74 Å². The lowest BCUT2D eigenvalue weighted by molar-refractivity contribution is -0.241. The van der Waals surface area contributed by atoms with Gasteiger partial charge in [0.1, 0.15) is 5.75 Å². The van der Waals surface area contributed by atoms with Gasteiger partial charge in [-0.25, -0.2) is 4.79 Å². The van der Waals surface area contributed by atoms with Gasteiger partial charge in [0.25, 0.3) is 0 Å². The third-order valence-corrected chi connectivity index (χ3v) is 3.62. The lowest BCUT2D eigenvalue weighted by Gasteiger charge is -2.05. The molecule has 0 bridgehead atoms. The van der Waals surface area contributed by atoms with E-state index in [9.17, 15) is 4.79 Å². The molecule has 4 heteroatoms. The monoisotopic (exact) mass is 322 g/mol. The van der Waals surface area contributed by atoms with Gasteiger partial charge in [-0.05, 0) is 37.6 Å². The Morgan fingerprint density at radius 1 is 0.870 bits per heavy atom. The zero-order valence-electron chi connectivity index (χ0n) is 14.5. The Morgan fingerprint density at radius 2 is 1.48 bits per heavy atom. The van der Waals surface area contributed by atoms with Gasteiger partial charge < -0.3 is 4.74 Å². The molecular formula is C19H30O4. The Balaban J connectivity index is 2.03. The minimum Gasteiger partial charge on any atom is -0.494 e. The summed E-state index contributed by atoms with van der Waals surface area (Å²) in [6, 6.07) is 6.84. The first-order valence-electron chi connectivity index (χ1n) is 8.84. The second kappa shape index (κ2) is 12.9. The summed E-state index contributed by atoms with van der Waals surface area (Å²) in [4.78, 5) is 21.6. The minimum atomic E-state index is -0.465. The molecule has 0 aliphatic rings. The molecular weight excluding hydrogens is 292 g/mol. The van der Waals surface area contributed by atoms with E-state index in [0.717, 1.165) is 18.6 Å². The van der Waals surface area contributed by atoms with E-state index in [1.54, 1.807) is 24.3 Å². The summed E-state index contributed by atoms with van der Waals surface area (Å²) in [6.07, 6.45) is 9.83. The van der Waals surface area contributed by atoms with E-state index >= 15 is 0 Å². The summed E-state index contributed by atoms with van der Waals surface area (Å²) in [5.74, 6) is 0.275. The van der Waals surface area contributed by atoms with Crippen molar-refractivity contribution in [3.05, 3.63) is 29.8 Å². The van der Waals surface area contributed by atoms with Crippen LogP contribution in [0.2, 0.25) is 0 Å². The molecule has 0 saturated carbocycles. The first kappa shape index (κ1) is 19.5. The molecule has 4 nitrogen and oxygen atoms in total. The highest BCUT2D eigenvalue weighted by atomic mass is 17.2. The van der Waals surface area contributed by atoms with Crippen LogP contribution in [0, 0.1) is 0 Å². The Labute approximate surface area is 140 Å². The number of carbonyl (C=O) groups is 1. The van der Waals surface area contributed by atoms with Gasteiger partial charge in [-0.1, -0.05) is 51.9 Å². The first-order valence-corrected chi connectivity index (χ1v) is 8.84. The normalized spacial score (nSPS) is 10.5. The van der Waals surface area contributed by atoms with E-state index in [-0.39, 0.29) is 0 Å². The van der Waals surface area contributed by atoms with Crippen molar-refractivity contribution in [2.45, 2.75) is 65.2 Å². The highest BCUT2D eigenvalue weighted by Crippen LogP contribution is 2.13. The standard InChI is InChI=1S/C19H30O4/c1-3-5-6-7-8-9-10-11-16-22-23-19(20)17-12-14-18(15-13-17)21-4-2/h12-15H,3-11,16H2,1-2H3. The van der Waals surface area contributed by atoms with Gasteiger partial charge in [0.15, 0.2) is 0 Å². The summed E-state index contributed by atoms with van der Waals surface area (Å²) in [7, 11) is 0. The zero-order chi connectivity index (χ0) is 16.8. The van der Waals surface area contributed by atoms with Crippen molar-refractivity contribution >= 4 is 5.97 Å². The van der Waals surface area contributed by atoms with Gasteiger partial charge in [0.05, 0.1) is 18.8 Å². The molecule has 0 unspecified atom stereocenters. The fourth-order valence-electron chi connectivity index (χ4n) is 2.29. The van der Waals surface area contributed by atoms with Crippen LogP contribution in [-0.2, 0) is 9.78 Å². The van der Waals surface area contributed by atoms with Crippen LogP contribution in [0.4, 0.5) is 0 Å². The number of hydrogen-bond donors (Lipinski definition) is 0. The number of unbranched alkanes of at least 4 members (excludes halogenated alkanes) is 7. The van der Waals surface area contributed by atoms with E-state index in [2.05, 4.69) is 6.92 Å². The SMILES string of the molecule is CCCCCCCCCCOOC(=O)c1ccc(OCC)cc1. The van der Waals surface area contributed by atoms with Gasteiger partial charge in [0, 0.05) is 0 Å². The minimum absolute atomic E-state index is 0.456. The van der Waals surface area contributed by atoms with Crippen LogP contribution in [0.3, 0.4) is 0 Å². The molecule has 0 fully saturated rings. The third-order valence-electron chi connectivity index (χ3n) is 3.62. The van der Waals surface area contributed by atoms with E-state index in [1.807, 2.05) is 6.92 Å². The quantitative estimate of drug-likeness (QED) is 0.280. The summed E-state index contributed by atoms with van der Waals surface area (Å²) < 4.78 is 5.32. The Morgan fingerprint density at radius 3 is 2.09 bits per heavy atom. The molecule has 0 aromatic heterocycles. The van der Waals surface area contributed by atoms with Crippen molar-refractivity contribution in [1.29, 1.82) is 0 Å². The topological polar surface area (TPSA) is 44.8 Å². The number of carbonyl (C=O) groups excluding carboxylic acids is 1. The van der Waals surface area contributed by atoms with Crippen molar-refractivity contribution in [2.24, 2.45) is 0 Å². The number of hydrogen-bond acceptors (Lipinski definition) is 4. The molecule has 0 atom stereocenters. The fourth-order valence-corrected chi connectivity index (χ4v) is 2.29. The zero-order valence-corrected chi connectivity index (χ0v) is 14.5. The van der Waals surface area contributed by atoms with Gasteiger partial charge in [-0.15, -0.1) is 0 Å². The summed E-state index contributed by atoms with van der Waals surface area (Å²) in [6.45, 7) is 5.20. The molecule has 0 heterocycles. The molecule has 0 spiro atoms. The van der Waals surface area contributed by atoms with Gasteiger partial charge in [-0.3, -0.25) is 4.89 Å². The van der Waals surface area contributed by atoms with E-state index < -0.39 is 5.97 Å². The van der Waals surface area contributed by atoms with Crippen LogP contribution in [0.25, 0.3) is 0 Å². The molecule has 0 amide bonds. The summed E-state index contributed by atoms with van der Waals surface area (Å²) >= 11 is 0. The Bertz CT molecular complexity index is 414. The maximum absolute atomic E-state index is 11.8. The van der Waals surface area contributed by atoms with E-state index in [0.29, 0.717) is 18.8 Å². The largest absolute Gasteiger partial charge is 0.494 e. The van der Waals surface area contributed by atoms with Crippen LogP contribution >= 0.6 is 0 Å². The van der Waals surface area contributed by atoms with Crippen LogP contribution in [-0.4, -0.2) is 19.2 Å². The van der Waals surface area contributed by atoms with Crippen molar-refractivity contribution in [1.82, 2.24) is 0 Å². The number of rotatable bonds is 13. The molecule has 0 N–H and O–H groups in total. The third kappa shape index (κ3) is 9.24. The van der Waals surface area contributed by atoms with Crippen LogP contribution in [0.1, 0.15) is 75.6 Å². The van der Waals surface area contributed by atoms with Crippen molar-refractivity contribution in [3.63, 3.8) is 0 Å². The molecule has 0 aliphatic carbocycles. The number of benzene rings is 1. The van der Waals surface area contributed by atoms with E-state index in [4.69, 9.17) is 14.5 Å². The average molecular weight is 322 g/mol. The fraction of sp³-hybridized carbons (Fsp3) is 0.632. The highest BCUT2D eigenvalue weighted by Gasteiger charge is 2.08. The second-order valence-corrected chi connectivity index (χ2v) is 5.63. The Kier molecular flexibility index (Phi) is 11.0. The molecule has 130 valence electrons. The summed E-state index contributed by atoms with van der Waals surface area (Å²) in [5.41, 5.74) is 0.462. The molecule has 0 radical (unpaired) electrons. The smallest absolute Gasteiger partial charge is 0.373 e. The van der Waals surface area contributed by atoms with Gasteiger partial charge >= 0.3 is 5.97 Å². The predicted molar refractivity (Wildman–Crippen MR) is 91.6 cm³/mol. The average Bonchev–Trinajstić information content (AvgIpc) is 2.57. The molecule has 1 aromatic rings. The molecule has 0 aliphatic heterocycles. The van der Waals surface area contributed by atoms with Crippen LogP contribution in [0.15, 0.2) is 24.3 Å². The van der Waals surface area contributed by atoms with Crippen molar-refractivity contribution in [3.8, 4) is 5.75 Å². The van der Waals surface area contributed by atoms with Gasteiger partial charge in [-0.2, -0.15) is 4.89 Å². The molecule has 23 heavy (non-hydrogen) atoms. The van der Waals surface area contributed by atoms with Crippen molar-refractivity contribution in [2.75, 3.05) is 13.2 Å². The Hall–Kier alpha value is -1.55. The maximum atomic E-state index is 11.8. The molecule has 1 aromatic carbocycles. The number of ether oxygens (including phenoxy) is 1. The van der Waals surface area contributed by atoms with Gasteiger partial charge in [0.2, 0.25) is 0 Å². The molecule has 1 rings (SSSR count). The first-order chi connectivity index (χ1) is 11.3. The molecule has 0 saturated heterocycles.